The quantitative estimate of drug-likeness (QED) is 0.0697. The molecular formula is C34H55BrO5Si2. The second kappa shape index (κ2) is 15.0. The van der Waals surface area contributed by atoms with Crippen molar-refractivity contribution in [2.45, 2.75) is 122 Å². The van der Waals surface area contributed by atoms with Crippen LogP contribution in [-0.2, 0) is 13.6 Å². The first-order chi connectivity index (χ1) is 19.3. The van der Waals surface area contributed by atoms with E-state index in [0.717, 1.165) is 23.1 Å². The molecular weight excluding hydrogens is 624 g/mol. The molecule has 1 aliphatic carbocycles. The Balaban J connectivity index is 2.08. The van der Waals surface area contributed by atoms with Crippen LogP contribution in [0.1, 0.15) is 80.1 Å². The first-order valence-corrected chi connectivity index (χ1v) is 22.0. The molecule has 42 heavy (non-hydrogen) atoms. The van der Waals surface area contributed by atoms with Gasteiger partial charge in [-0.3, -0.25) is 0 Å². The molecule has 0 radical (unpaired) electrons. The average Bonchev–Trinajstić information content (AvgIpc) is 3.29. The molecule has 8 heteroatoms. The summed E-state index contributed by atoms with van der Waals surface area (Å²) in [4.78, 5) is 12.9. The lowest BCUT2D eigenvalue weighted by Crippen LogP contribution is -2.60. The molecule has 236 valence electrons. The topological polar surface area (TPSA) is 65.0 Å². The molecule has 0 aromatic heterocycles. The number of rotatable bonds is 14. The summed E-state index contributed by atoms with van der Waals surface area (Å²) in [7, 11) is -4.92. The molecule has 0 saturated heterocycles. The van der Waals surface area contributed by atoms with Gasteiger partial charge in [0.25, 0.3) is 5.79 Å². The van der Waals surface area contributed by atoms with Crippen LogP contribution in [0.25, 0.3) is 0 Å². The summed E-state index contributed by atoms with van der Waals surface area (Å²) >= 11 is 3.45. The van der Waals surface area contributed by atoms with Crippen LogP contribution in [-0.4, -0.2) is 40.1 Å². The third-order valence-electron chi connectivity index (χ3n) is 9.27. The molecule has 1 aliphatic rings. The summed E-state index contributed by atoms with van der Waals surface area (Å²) < 4.78 is 20.1. The molecule has 2 atom stereocenters. The number of carboxylic acid groups (broad SMARTS) is 1. The highest BCUT2D eigenvalue weighted by atomic mass is 79.9. The van der Waals surface area contributed by atoms with Gasteiger partial charge in [-0.05, 0) is 110 Å². The van der Waals surface area contributed by atoms with Crippen molar-refractivity contribution in [3.8, 4) is 5.75 Å². The van der Waals surface area contributed by atoms with Crippen LogP contribution in [0.15, 0.2) is 58.8 Å². The Kier molecular flexibility index (Phi) is 13.2. The highest BCUT2D eigenvalue weighted by Crippen LogP contribution is 2.45. The summed E-state index contributed by atoms with van der Waals surface area (Å²) in [5, 5.41) is 10.3. The normalized spacial score (nSPS) is 18.6. The number of carboxylic acids is 1. The van der Waals surface area contributed by atoms with Crippen LogP contribution in [0.2, 0.25) is 36.3 Å². The lowest BCUT2D eigenvalue weighted by atomic mass is 9.92. The van der Waals surface area contributed by atoms with Crippen molar-refractivity contribution in [2.75, 3.05) is 6.61 Å². The van der Waals surface area contributed by atoms with Gasteiger partial charge in [-0.2, -0.15) is 0 Å². The first-order valence-electron chi connectivity index (χ1n) is 15.4. The molecule has 2 rings (SSSR count). The standard InChI is InChI=1S/C34H55BrO5Si2/c1-32(2,3)41(7,8)39-34(31(36)37,40-42(9,10)33(4,5)6)25-14-11-12-17-27-19-16-20-28(27)18-13-15-26-38-30-23-21-29(35)22-24-30/h12-14,18,21-24,27-28H,15-17,19-20,25-26H2,1-10H3,(H,36,37)/b18-13+/t11?,27-,28-/m0/s1. The molecule has 0 bridgehead atoms. The number of hydrogen-bond acceptors (Lipinski definition) is 4. The minimum atomic E-state index is -2.46. The van der Waals surface area contributed by atoms with E-state index in [-0.39, 0.29) is 16.5 Å². The van der Waals surface area contributed by atoms with Crippen molar-refractivity contribution < 1.29 is 23.5 Å². The highest BCUT2D eigenvalue weighted by molar-refractivity contribution is 9.10. The van der Waals surface area contributed by atoms with E-state index >= 15 is 0 Å². The molecule has 0 amide bonds. The van der Waals surface area contributed by atoms with E-state index in [4.69, 9.17) is 13.6 Å². The summed E-state index contributed by atoms with van der Waals surface area (Å²) in [5.41, 5.74) is 3.30. The smallest absolute Gasteiger partial charge is 0.362 e. The zero-order valence-electron chi connectivity index (χ0n) is 27.7. The summed E-state index contributed by atoms with van der Waals surface area (Å²) in [6, 6.07) is 7.92. The van der Waals surface area contributed by atoms with Crippen molar-refractivity contribution in [3.63, 3.8) is 0 Å². The number of aliphatic carboxylic acids is 1. The van der Waals surface area contributed by atoms with Crippen LogP contribution in [0, 0.1) is 11.8 Å². The van der Waals surface area contributed by atoms with Crippen LogP contribution >= 0.6 is 15.9 Å². The van der Waals surface area contributed by atoms with Gasteiger partial charge in [-0.25, -0.2) is 4.79 Å². The number of allylic oxidation sites excluding steroid dienone is 1. The van der Waals surface area contributed by atoms with Crippen LogP contribution in [0.4, 0.5) is 0 Å². The van der Waals surface area contributed by atoms with Crippen molar-refractivity contribution in [3.05, 3.63) is 58.8 Å². The third kappa shape index (κ3) is 10.6. The molecule has 0 spiro atoms. The van der Waals surface area contributed by atoms with Crippen molar-refractivity contribution >= 4 is 38.5 Å². The largest absolute Gasteiger partial charge is 0.493 e. The minimum Gasteiger partial charge on any atom is -0.493 e. The molecule has 0 aliphatic heterocycles. The summed E-state index contributed by atoms with van der Waals surface area (Å²) in [6.45, 7) is 21.7. The minimum absolute atomic E-state index is 0.129. The van der Waals surface area contributed by atoms with E-state index in [9.17, 15) is 9.90 Å². The van der Waals surface area contributed by atoms with Gasteiger partial charge in [-0.1, -0.05) is 76.0 Å². The maximum Gasteiger partial charge on any atom is 0.362 e. The molecule has 1 fully saturated rings. The fourth-order valence-electron chi connectivity index (χ4n) is 4.56. The molecule has 1 aromatic rings. The highest BCUT2D eigenvalue weighted by Gasteiger charge is 2.54. The zero-order valence-corrected chi connectivity index (χ0v) is 31.3. The fourth-order valence-corrected chi connectivity index (χ4v) is 7.60. The second-order valence-corrected chi connectivity index (χ2v) is 25.0. The fraction of sp³-hybridized carbons (Fsp3) is 0.647. The van der Waals surface area contributed by atoms with E-state index < -0.39 is 28.4 Å². The maximum absolute atomic E-state index is 12.9. The Morgan fingerprint density at radius 2 is 1.55 bits per heavy atom. The van der Waals surface area contributed by atoms with E-state index in [1.165, 1.54) is 19.3 Å². The predicted molar refractivity (Wildman–Crippen MR) is 183 cm³/mol. The van der Waals surface area contributed by atoms with E-state index in [0.29, 0.717) is 18.4 Å². The Labute approximate surface area is 266 Å². The molecule has 1 saturated carbocycles. The average molecular weight is 680 g/mol. The van der Waals surface area contributed by atoms with Crippen molar-refractivity contribution in [2.24, 2.45) is 11.8 Å². The number of ether oxygens (including phenoxy) is 1. The lowest BCUT2D eigenvalue weighted by molar-refractivity contribution is -0.191. The number of halogens is 1. The van der Waals surface area contributed by atoms with E-state index in [2.05, 4.69) is 108 Å². The zero-order chi connectivity index (χ0) is 31.8. The summed E-state index contributed by atoms with van der Waals surface area (Å²) in [5.74, 6) is -0.758. The predicted octanol–water partition coefficient (Wildman–Crippen LogP) is 10.5. The third-order valence-corrected chi connectivity index (χ3v) is 18.7. The number of hydrogen-bond donors (Lipinski definition) is 1. The molecule has 5 nitrogen and oxygen atoms in total. The second-order valence-electron chi connectivity index (χ2n) is 14.7. The molecule has 1 N–H and O–H groups in total. The number of benzene rings is 1. The summed E-state index contributed by atoms with van der Waals surface area (Å²) in [6.07, 6.45) is 14.1. The maximum atomic E-state index is 12.9. The van der Waals surface area contributed by atoms with Gasteiger partial charge in [0.15, 0.2) is 16.6 Å². The van der Waals surface area contributed by atoms with Crippen LogP contribution in [0.3, 0.4) is 0 Å². The van der Waals surface area contributed by atoms with Gasteiger partial charge in [0.2, 0.25) is 0 Å². The van der Waals surface area contributed by atoms with Gasteiger partial charge in [0, 0.05) is 10.9 Å². The Morgan fingerprint density at radius 3 is 2.07 bits per heavy atom. The SMILES string of the molecule is CC(C)(C)[Si](C)(C)OC(CC=C=CC[C@H]1CCC[C@@H]1/C=C/CCOc1ccc(Br)cc1)(O[Si](C)(C)C(C)(C)C)C(=O)O. The van der Waals surface area contributed by atoms with Crippen LogP contribution < -0.4 is 4.74 Å². The van der Waals surface area contributed by atoms with Crippen molar-refractivity contribution in [1.82, 2.24) is 0 Å². The van der Waals surface area contributed by atoms with Crippen molar-refractivity contribution in [1.29, 1.82) is 0 Å². The monoisotopic (exact) mass is 678 g/mol. The molecule has 0 unspecified atom stereocenters. The van der Waals surface area contributed by atoms with Gasteiger partial charge < -0.3 is 18.7 Å². The van der Waals surface area contributed by atoms with Gasteiger partial charge in [-0.15, -0.1) is 5.73 Å². The number of carbonyl (C=O) groups is 1. The Morgan fingerprint density at radius 1 is 0.976 bits per heavy atom. The Bertz CT molecular complexity index is 1080. The molecule has 1 aromatic carbocycles. The first kappa shape index (κ1) is 36.8. The Hall–Kier alpha value is -1.42. The van der Waals surface area contributed by atoms with Gasteiger partial charge in [0.1, 0.15) is 5.75 Å². The van der Waals surface area contributed by atoms with E-state index in [1.807, 2.05) is 30.3 Å². The van der Waals surface area contributed by atoms with Crippen LogP contribution in [0.5, 0.6) is 5.75 Å². The van der Waals surface area contributed by atoms with E-state index in [1.54, 1.807) is 0 Å². The van der Waals surface area contributed by atoms with Gasteiger partial charge >= 0.3 is 5.97 Å². The molecule has 0 heterocycles. The lowest BCUT2D eigenvalue weighted by Gasteiger charge is -2.48. The van der Waals surface area contributed by atoms with Gasteiger partial charge in [0.05, 0.1) is 6.61 Å².